The van der Waals surface area contributed by atoms with Gasteiger partial charge in [0.05, 0.1) is 76.0 Å². The first-order valence-corrected chi connectivity index (χ1v) is 29.2. The van der Waals surface area contributed by atoms with Crippen LogP contribution in [0, 0.1) is 0 Å². The SMILES string of the molecule is CCCCCCCCCCCCCCCCCC[N+](C)(C)C.CCCCCCCCCCCCCCCC[N+](C)(C)C.CCCCCCCCCCCC[N+](C)(C)Cc1ccccc1.[Br-].[Cl-].[Cl-]. The molecular weight excluding hydrogens is 926 g/mol. The van der Waals surface area contributed by atoms with Gasteiger partial charge in [0.1, 0.15) is 6.54 Å². The predicted octanol–water partition coefficient (Wildman–Crippen LogP) is 10.3. The minimum absolute atomic E-state index is 0. The molecule has 0 aromatic heterocycles. The van der Waals surface area contributed by atoms with E-state index in [2.05, 4.69) is 107 Å². The molecule has 0 heterocycles. The Morgan fingerprint density at radius 1 is 0.269 bits per heavy atom. The highest BCUT2D eigenvalue weighted by atomic mass is 79.9. The maximum absolute atomic E-state index is 2.36. The molecule has 1 rings (SSSR count). The number of hydrogen-bond acceptors (Lipinski definition) is 0. The fourth-order valence-corrected chi connectivity index (χ4v) is 9.10. The summed E-state index contributed by atoms with van der Waals surface area (Å²) in [4.78, 5) is 0. The molecule has 0 aliphatic carbocycles. The van der Waals surface area contributed by atoms with Crippen molar-refractivity contribution in [3.05, 3.63) is 35.9 Å². The summed E-state index contributed by atoms with van der Waals surface area (Å²) in [5.41, 5.74) is 1.46. The van der Waals surface area contributed by atoms with Crippen molar-refractivity contribution in [2.24, 2.45) is 0 Å². The van der Waals surface area contributed by atoms with Crippen LogP contribution in [0.5, 0.6) is 0 Å². The molecule has 0 atom stereocenters. The van der Waals surface area contributed by atoms with Gasteiger partial charge in [-0.2, -0.15) is 0 Å². The molecule has 0 saturated heterocycles. The summed E-state index contributed by atoms with van der Waals surface area (Å²) in [5, 5.41) is 0. The molecule has 0 fully saturated rings. The summed E-state index contributed by atoms with van der Waals surface area (Å²) in [6, 6.07) is 10.9. The summed E-state index contributed by atoms with van der Waals surface area (Å²) in [6.45, 7) is 12.0. The molecule has 0 aliphatic rings. The van der Waals surface area contributed by atoms with Gasteiger partial charge >= 0.3 is 0 Å². The number of benzene rings is 1. The van der Waals surface area contributed by atoms with E-state index < -0.39 is 0 Å². The van der Waals surface area contributed by atoms with Gasteiger partial charge in [-0.25, -0.2) is 0 Å². The van der Waals surface area contributed by atoms with Crippen molar-refractivity contribution in [2.75, 3.05) is 76.0 Å². The molecule has 0 unspecified atom stereocenters. The Bertz CT molecular complexity index is 1010. The lowest BCUT2D eigenvalue weighted by molar-refractivity contribution is -0.903. The molecule has 67 heavy (non-hydrogen) atoms. The highest BCUT2D eigenvalue weighted by Crippen LogP contribution is 2.17. The van der Waals surface area contributed by atoms with Crippen molar-refractivity contribution in [3.8, 4) is 0 Å². The van der Waals surface area contributed by atoms with E-state index in [1.807, 2.05) is 0 Å². The van der Waals surface area contributed by atoms with Crippen LogP contribution in [-0.4, -0.2) is 89.5 Å². The van der Waals surface area contributed by atoms with Gasteiger partial charge in [0, 0.05) is 5.56 Å². The van der Waals surface area contributed by atoms with Gasteiger partial charge in [0.15, 0.2) is 0 Å². The van der Waals surface area contributed by atoms with E-state index in [0.717, 1.165) is 20.0 Å². The Morgan fingerprint density at radius 3 is 0.672 bits per heavy atom. The fourth-order valence-electron chi connectivity index (χ4n) is 9.10. The molecule has 0 bridgehead atoms. The summed E-state index contributed by atoms with van der Waals surface area (Å²) in [5.74, 6) is 0. The van der Waals surface area contributed by atoms with E-state index in [9.17, 15) is 0 Å². The van der Waals surface area contributed by atoms with Crippen LogP contribution in [0.1, 0.15) is 283 Å². The molecule has 0 aliphatic heterocycles. The number of nitrogens with zero attached hydrogens (tertiary/aromatic N) is 3. The van der Waals surface area contributed by atoms with Crippen LogP contribution in [0.2, 0.25) is 0 Å². The quantitative estimate of drug-likeness (QED) is 0.0451. The van der Waals surface area contributed by atoms with Crippen LogP contribution in [0.4, 0.5) is 0 Å². The lowest BCUT2D eigenvalue weighted by Crippen LogP contribution is -3.00. The van der Waals surface area contributed by atoms with E-state index in [-0.39, 0.29) is 41.8 Å². The topological polar surface area (TPSA) is 0 Å². The average molecular weight is 1050 g/mol. The molecule has 6 heteroatoms. The largest absolute Gasteiger partial charge is 1.00 e. The van der Waals surface area contributed by atoms with Gasteiger partial charge in [0.2, 0.25) is 0 Å². The third-order valence-corrected chi connectivity index (χ3v) is 13.4. The van der Waals surface area contributed by atoms with E-state index >= 15 is 0 Å². The van der Waals surface area contributed by atoms with Gasteiger partial charge in [-0.3, -0.25) is 0 Å². The average Bonchev–Trinajstić information content (AvgIpc) is 3.24. The van der Waals surface area contributed by atoms with Crippen LogP contribution >= 0.6 is 0 Å². The van der Waals surface area contributed by atoms with E-state index in [1.54, 1.807) is 0 Å². The molecular formula is C61H126BrCl2N3. The number of hydrogen-bond donors (Lipinski definition) is 0. The van der Waals surface area contributed by atoms with Crippen LogP contribution in [0.3, 0.4) is 0 Å². The second kappa shape index (κ2) is 57.1. The lowest BCUT2D eigenvalue weighted by Gasteiger charge is -2.30. The summed E-state index contributed by atoms with van der Waals surface area (Å²) >= 11 is 0. The zero-order valence-corrected chi connectivity index (χ0v) is 51.1. The molecule has 0 amide bonds. The van der Waals surface area contributed by atoms with Gasteiger partial charge in [-0.15, -0.1) is 0 Å². The highest BCUT2D eigenvalue weighted by Gasteiger charge is 2.15. The summed E-state index contributed by atoms with van der Waals surface area (Å²) < 4.78 is 3.36. The fraction of sp³-hybridized carbons (Fsp3) is 0.902. The van der Waals surface area contributed by atoms with E-state index in [0.29, 0.717) is 0 Å². The summed E-state index contributed by atoms with van der Waals surface area (Å²) in [7, 11) is 18.5. The van der Waals surface area contributed by atoms with Gasteiger partial charge < -0.3 is 55.2 Å². The number of rotatable bonds is 45. The van der Waals surface area contributed by atoms with Crippen molar-refractivity contribution in [3.63, 3.8) is 0 Å². The molecule has 0 N–H and O–H groups in total. The molecule has 3 nitrogen and oxygen atoms in total. The Hall–Kier alpha value is 0.160. The lowest BCUT2D eigenvalue weighted by atomic mass is 10.0. The molecule has 1 aromatic carbocycles. The van der Waals surface area contributed by atoms with Crippen LogP contribution in [0.15, 0.2) is 30.3 Å². The van der Waals surface area contributed by atoms with E-state index in [4.69, 9.17) is 0 Å². The van der Waals surface area contributed by atoms with Crippen LogP contribution in [0.25, 0.3) is 0 Å². The number of halogens is 3. The second-order valence-corrected chi connectivity index (χ2v) is 23.4. The normalized spacial score (nSPS) is 11.4. The minimum Gasteiger partial charge on any atom is -1.00 e. The Morgan fingerprint density at radius 2 is 0.463 bits per heavy atom. The molecule has 1 aromatic rings. The number of quaternary nitrogens is 3. The molecule has 406 valence electrons. The first kappa shape index (κ1) is 76.1. The van der Waals surface area contributed by atoms with Crippen molar-refractivity contribution >= 4 is 0 Å². The maximum atomic E-state index is 2.36. The van der Waals surface area contributed by atoms with Crippen molar-refractivity contribution < 1.29 is 55.2 Å². The maximum Gasteiger partial charge on any atom is 0.104 e. The Labute approximate surface area is 448 Å². The zero-order valence-electron chi connectivity index (χ0n) is 48.0. The minimum atomic E-state index is 0. The Balaban J connectivity index is -0.000000281. The third kappa shape index (κ3) is 70.5. The first-order chi connectivity index (χ1) is 30.8. The third-order valence-electron chi connectivity index (χ3n) is 13.4. The monoisotopic (exact) mass is 1050 g/mol. The zero-order chi connectivity index (χ0) is 47.7. The van der Waals surface area contributed by atoms with Crippen LogP contribution < -0.4 is 41.8 Å². The second-order valence-electron chi connectivity index (χ2n) is 23.4. The molecule has 0 saturated carbocycles. The van der Waals surface area contributed by atoms with Crippen molar-refractivity contribution in [1.82, 2.24) is 0 Å². The highest BCUT2D eigenvalue weighted by molar-refractivity contribution is 5.13. The smallest absolute Gasteiger partial charge is 0.104 e. The van der Waals surface area contributed by atoms with E-state index in [1.165, 1.54) is 282 Å². The van der Waals surface area contributed by atoms with Gasteiger partial charge in [-0.05, 0) is 38.5 Å². The van der Waals surface area contributed by atoms with Gasteiger partial charge in [0.25, 0.3) is 0 Å². The first-order valence-electron chi connectivity index (χ1n) is 29.2. The Kier molecular flexibility index (Phi) is 64.8. The van der Waals surface area contributed by atoms with Crippen molar-refractivity contribution in [2.45, 2.75) is 284 Å². The summed E-state index contributed by atoms with van der Waals surface area (Å²) in [6.07, 6.45) is 58.0. The predicted molar refractivity (Wildman–Crippen MR) is 295 cm³/mol. The molecule has 0 spiro atoms. The molecule has 0 radical (unpaired) electrons. The number of unbranched alkanes of at least 4 members (excludes halogenated alkanes) is 37. The van der Waals surface area contributed by atoms with Crippen molar-refractivity contribution in [1.29, 1.82) is 0 Å². The standard InChI is InChI=1S/C21H38N.C21H46N.C19H42N.BrH.2ClH/c1-4-5-6-7-8-9-10-11-12-16-19-22(2,3)20-21-17-14-13-15-18-21;1-5-6-7-8-9-10-11-12-13-14-15-16-17-18-19-20-21-22(2,3)4;1-5-6-7-8-9-10-11-12-13-14-15-16-17-18-19-20(2,3)4;;;/h13-15,17-18H,4-12,16,19-20H2,1-3H3;5-21H2,1-4H3;5-19H2,1-4H3;3*1H/q3*+1;;;/p-3. The van der Waals surface area contributed by atoms with Crippen LogP contribution in [-0.2, 0) is 6.54 Å². The van der Waals surface area contributed by atoms with Gasteiger partial charge in [-0.1, -0.05) is 269 Å².